The fraction of sp³-hybridized carbons (Fsp3) is 0.692. The summed E-state index contributed by atoms with van der Waals surface area (Å²) in [5, 5.41) is 7.27. The third kappa shape index (κ3) is 3.52. The minimum atomic E-state index is -0.108. The lowest BCUT2D eigenvalue weighted by Crippen LogP contribution is -2.44. The molecular weight excluding hydrogens is 262 g/mol. The van der Waals surface area contributed by atoms with E-state index in [9.17, 15) is 4.79 Å². The van der Waals surface area contributed by atoms with Gasteiger partial charge in [0.15, 0.2) is 0 Å². The maximum atomic E-state index is 12.3. The van der Waals surface area contributed by atoms with Crippen molar-refractivity contribution in [2.75, 3.05) is 19.8 Å². The number of ether oxygens (including phenoxy) is 1. The summed E-state index contributed by atoms with van der Waals surface area (Å²) >= 11 is 1.62. The van der Waals surface area contributed by atoms with Crippen LogP contribution in [0.4, 0.5) is 0 Å². The summed E-state index contributed by atoms with van der Waals surface area (Å²) in [5.74, 6) is -0.0627. The largest absolute Gasteiger partial charge is 0.379 e. The minimum absolute atomic E-state index is 0.0452. The van der Waals surface area contributed by atoms with Gasteiger partial charge in [-0.25, -0.2) is 4.98 Å². The van der Waals surface area contributed by atoms with Crippen LogP contribution in [0.3, 0.4) is 0 Å². The Morgan fingerprint density at radius 3 is 3.05 bits per heavy atom. The van der Waals surface area contributed by atoms with Gasteiger partial charge in [0.05, 0.1) is 25.2 Å². The second-order valence-corrected chi connectivity index (χ2v) is 6.11. The lowest BCUT2D eigenvalue weighted by atomic mass is 10.0. The summed E-state index contributed by atoms with van der Waals surface area (Å²) in [7, 11) is 0. The van der Waals surface area contributed by atoms with E-state index in [0.717, 1.165) is 16.4 Å². The summed E-state index contributed by atoms with van der Waals surface area (Å²) in [4.78, 5) is 17.7. The van der Waals surface area contributed by atoms with Crippen molar-refractivity contribution in [2.24, 2.45) is 5.92 Å². The van der Waals surface area contributed by atoms with Gasteiger partial charge in [-0.3, -0.25) is 4.79 Å². The molecule has 2 heterocycles. The summed E-state index contributed by atoms with van der Waals surface area (Å²) in [6.45, 7) is 7.97. The number of likely N-dealkylation sites (N-methyl/N-ethyl adjacent to an activating group) is 1. The Labute approximate surface area is 117 Å². The average Bonchev–Trinajstić information content (AvgIpc) is 2.98. The van der Waals surface area contributed by atoms with Crippen molar-refractivity contribution in [1.29, 1.82) is 0 Å². The van der Waals surface area contributed by atoms with Crippen molar-refractivity contribution in [1.82, 2.24) is 15.6 Å². The number of thiazole rings is 1. The molecule has 1 fully saturated rings. The Morgan fingerprint density at radius 2 is 2.42 bits per heavy atom. The number of carbonyl (C=O) groups excluding carboxylic acids is 1. The smallest absolute Gasteiger partial charge is 0.227 e. The van der Waals surface area contributed by atoms with E-state index in [0.29, 0.717) is 13.2 Å². The Bertz CT molecular complexity index is 435. The molecule has 0 saturated carbocycles. The summed E-state index contributed by atoms with van der Waals surface area (Å²) < 4.78 is 5.40. The number of nitrogens with zero attached hydrogens (tertiary/aromatic N) is 1. The first-order chi connectivity index (χ1) is 9.11. The van der Waals surface area contributed by atoms with Gasteiger partial charge in [-0.2, -0.15) is 0 Å². The van der Waals surface area contributed by atoms with Crippen molar-refractivity contribution < 1.29 is 9.53 Å². The quantitative estimate of drug-likeness (QED) is 0.854. The maximum absolute atomic E-state index is 12.3. The van der Waals surface area contributed by atoms with Gasteiger partial charge in [0.1, 0.15) is 5.01 Å². The highest BCUT2D eigenvalue weighted by atomic mass is 32.1. The Kier molecular flexibility index (Phi) is 4.90. The molecule has 3 atom stereocenters. The van der Waals surface area contributed by atoms with Crippen LogP contribution in [0.15, 0.2) is 6.20 Å². The van der Waals surface area contributed by atoms with E-state index >= 15 is 0 Å². The number of hydrogen-bond donors (Lipinski definition) is 2. The molecule has 1 aliphatic heterocycles. The molecule has 5 nitrogen and oxygen atoms in total. The molecule has 3 unspecified atom stereocenters. The predicted molar refractivity (Wildman–Crippen MR) is 75.2 cm³/mol. The number of aryl methyl sites for hydroxylation is 1. The van der Waals surface area contributed by atoms with Crippen LogP contribution < -0.4 is 10.6 Å². The third-order valence-corrected chi connectivity index (χ3v) is 4.35. The highest BCUT2D eigenvalue weighted by molar-refractivity contribution is 7.11. The summed E-state index contributed by atoms with van der Waals surface area (Å²) in [6, 6.07) is 0.0734. The number of amides is 1. The van der Waals surface area contributed by atoms with Gasteiger partial charge >= 0.3 is 0 Å². The number of hydrogen-bond acceptors (Lipinski definition) is 5. The Balaban J connectivity index is 1.93. The SMILES string of the molecule is CCNC1COCC1C(=O)NC(C)c1ncc(C)s1. The van der Waals surface area contributed by atoms with Gasteiger partial charge in [0.25, 0.3) is 0 Å². The first-order valence-corrected chi connectivity index (χ1v) is 7.47. The van der Waals surface area contributed by atoms with Gasteiger partial charge in [-0.15, -0.1) is 11.3 Å². The van der Waals surface area contributed by atoms with Gasteiger partial charge in [-0.05, 0) is 20.4 Å². The predicted octanol–water partition coefficient (Wildman–Crippen LogP) is 1.25. The van der Waals surface area contributed by atoms with Crippen LogP contribution in [-0.4, -0.2) is 36.7 Å². The molecule has 2 N–H and O–H groups in total. The zero-order valence-electron chi connectivity index (χ0n) is 11.6. The van der Waals surface area contributed by atoms with Crippen LogP contribution in [0, 0.1) is 12.8 Å². The second-order valence-electron chi connectivity index (χ2n) is 4.85. The van der Waals surface area contributed by atoms with Gasteiger partial charge in [-0.1, -0.05) is 6.92 Å². The van der Waals surface area contributed by atoms with E-state index < -0.39 is 0 Å². The van der Waals surface area contributed by atoms with Crippen LogP contribution >= 0.6 is 11.3 Å². The lowest BCUT2D eigenvalue weighted by Gasteiger charge is -2.20. The Hall–Kier alpha value is -0.980. The molecule has 106 valence electrons. The maximum Gasteiger partial charge on any atom is 0.227 e. The highest BCUT2D eigenvalue weighted by Crippen LogP contribution is 2.21. The minimum Gasteiger partial charge on any atom is -0.379 e. The van der Waals surface area contributed by atoms with Crippen LogP contribution in [0.2, 0.25) is 0 Å². The number of aromatic nitrogens is 1. The van der Waals surface area contributed by atoms with E-state index in [2.05, 4.69) is 15.6 Å². The molecule has 0 radical (unpaired) electrons. The number of nitrogens with one attached hydrogen (secondary N) is 2. The van der Waals surface area contributed by atoms with Gasteiger partial charge in [0.2, 0.25) is 5.91 Å². The van der Waals surface area contributed by atoms with E-state index in [1.165, 1.54) is 0 Å². The molecule has 0 aliphatic carbocycles. The zero-order valence-corrected chi connectivity index (χ0v) is 12.4. The van der Waals surface area contributed by atoms with Crippen LogP contribution in [0.25, 0.3) is 0 Å². The highest BCUT2D eigenvalue weighted by Gasteiger charge is 2.34. The first kappa shape index (κ1) is 14.4. The molecule has 1 saturated heterocycles. The Morgan fingerprint density at radius 1 is 1.63 bits per heavy atom. The van der Waals surface area contributed by atoms with E-state index in [-0.39, 0.29) is 23.9 Å². The number of carbonyl (C=O) groups is 1. The molecule has 0 aromatic carbocycles. The van der Waals surface area contributed by atoms with Crippen molar-refractivity contribution in [2.45, 2.75) is 32.9 Å². The monoisotopic (exact) mass is 283 g/mol. The second kappa shape index (κ2) is 6.45. The van der Waals surface area contributed by atoms with Crippen molar-refractivity contribution in [3.8, 4) is 0 Å². The molecule has 19 heavy (non-hydrogen) atoms. The van der Waals surface area contributed by atoms with Crippen molar-refractivity contribution in [3.05, 3.63) is 16.1 Å². The summed E-state index contributed by atoms with van der Waals surface area (Å²) in [5.41, 5.74) is 0. The van der Waals surface area contributed by atoms with E-state index in [1.807, 2.05) is 27.0 Å². The molecule has 2 rings (SSSR count). The molecule has 0 bridgehead atoms. The summed E-state index contributed by atoms with van der Waals surface area (Å²) in [6.07, 6.45) is 1.84. The standard InChI is InChI=1S/C13H21N3O2S/c1-4-14-11-7-18-6-10(11)12(17)16-9(3)13-15-5-8(2)19-13/h5,9-11,14H,4,6-7H2,1-3H3,(H,16,17). The van der Waals surface area contributed by atoms with Crippen LogP contribution in [0.1, 0.15) is 29.8 Å². The van der Waals surface area contributed by atoms with E-state index in [4.69, 9.17) is 4.74 Å². The van der Waals surface area contributed by atoms with Gasteiger partial charge < -0.3 is 15.4 Å². The normalized spacial score (nSPS) is 24.4. The third-order valence-electron chi connectivity index (χ3n) is 3.25. The lowest BCUT2D eigenvalue weighted by molar-refractivity contribution is -0.126. The molecule has 1 aromatic heterocycles. The topological polar surface area (TPSA) is 63.2 Å². The van der Waals surface area contributed by atoms with Crippen LogP contribution in [0.5, 0.6) is 0 Å². The molecule has 1 aromatic rings. The number of rotatable bonds is 5. The van der Waals surface area contributed by atoms with E-state index in [1.54, 1.807) is 11.3 Å². The molecule has 0 spiro atoms. The molecule has 1 aliphatic rings. The molecule has 6 heteroatoms. The average molecular weight is 283 g/mol. The molecule has 1 amide bonds. The fourth-order valence-electron chi connectivity index (χ4n) is 2.23. The fourth-order valence-corrected chi connectivity index (χ4v) is 3.01. The van der Waals surface area contributed by atoms with Crippen molar-refractivity contribution in [3.63, 3.8) is 0 Å². The molecular formula is C13H21N3O2S. The van der Waals surface area contributed by atoms with Crippen LogP contribution in [-0.2, 0) is 9.53 Å². The van der Waals surface area contributed by atoms with Crippen molar-refractivity contribution >= 4 is 17.2 Å². The zero-order chi connectivity index (χ0) is 13.8. The van der Waals surface area contributed by atoms with Gasteiger partial charge in [0, 0.05) is 17.1 Å². The first-order valence-electron chi connectivity index (χ1n) is 6.65.